The van der Waals surface area contributed by atoms with Gasteiger partial charge in [0.05, 0.1) is 13.2 Å². The van der Waals surface area contributed by atoms with Crippen molar-refractivity contribution in [2.45, 2.75) is 6.42 Å². The largest absolute Gasteiger partial charge is 0.378 e. The third-order valence-electron chi connectivity index (χ3n) is 2.52. The Morgan fingerprint density at radius 1 is 1.31 bits per heavy atom. The molecule has 0 bridgehead atoms. The highest BCUT2D eigenvalue weighted by molar-refractivity contribution is 5.43. The first-order valence-corrected chi connectivity index (χ1v) is 5.46. The summed E-state index contributed by atoms with van der Waals surface area (Å²) >= 11 is 0. The molecule has 2 rings (SSSR count). The Hall–Kier alpha value is -1.40. The van der Waals surface area contributed by atoms with Crippen molar-refractivity contribution in [3.8, 4) is 0 Å². The zero-order chi connectivity index (χ0) is 11.4. The Kier molecular flexibility index (Phi) is 3.53. The van der Waals surface area contributed by atoms with Crippen LogP contribution in [0.5, 0.6) is 0 Å². The van der Waals surface area contributed by atoms with E-state index in [1.54, 1.807) is 0 Å². The quantitative estimate of drug-likeness (QED) is 0.711. The molecule has 1 aliphatic rings. The molecule has 0 saturated carbocycles. The van der Waals surface area contributed by atoms with Gasteiger partial charge >= 0.3 is 0 Å². The molecule has 0 atom stereocenters. The molecule has 1 aromatic rings. The lowest BCUT2D eigenvalue weighted by Gasteiger charge is -2.28. The van der Waals surface area contributed by atoms with E-state index in [2.05, 4.69) is 14.9 Å². The third kappa shape index (κ3) is 2.59. The van der Waals surface area contributed by atoms with Crippen molar-refractivity contribution in [1.29, 1.82) is 0 Å². The summed E-state index contributed by atoms with van der Waals surface area (Å²) in [6.45, 7) is 3.72. The average Bonchev–Trinajstić information content (AvgIpc) is 2.30. The van der Waals surface area contributed by atoms with Crippen LogP contribution in [0.1, 0.15) is 5.69 Å². The summed E-state index contributed by atoms with van der Waals surface area (Å²) in [5.41, 5.74) is 12.1. The highest BCUT2D eigenvalue weighted by Gasteiger charge is 2.13. The maximum atomic E-state index is 5.68. The number of aromatic nitrogens is 2. The highest BCUT2D eigenvalue weighted by atomic mass is 16.5. The molecule has 0 aromatic carbocycles. The van der Waals surface area contributed by atoms with Gasteiger partial charge in [-0.3, -0.25) is 0 Å². The van der Waals surface area contributed by atoms with Gasteiger partial charge in [-0.05, 0) is 6.54 Å². The molecule has 1 fully saturated rings. The molecular formula is C10H17N5O. The van der Waals surface area contributed by atoms with Gasteiger partial charge in [-0.1, -0.05) is 0 Å². The van der Waals surface area contributed by atoms with Crippen molar-refractivity contribution in [3.05, 3.63) is 11.8 Å². The molecule has 4 N–H and O–H groups in total. The molecule has 0 radical (unpaired) electrons. The second-order valence-corrected chi connectivity index (χ2v) is 3.71. The Morgan fingerprint density at radius 3 is 2.75 bits per heavy atom. The SMILES string of the molecule is NCCc1cc(N2CCOCC2)nc(N)n1. The van der Waals surface area contributed by atoms with Crippen molar-refractivity contribution in [2.24, 2.45) is 5.73 Å². The number of ether oxygens (including phenoxy) is 1. The minimum absolute atomic E-state index is 0.312. The van der Waals surface area contributed by atoms with Crippen molar-refractivity contribution < 1.29 is 4.74 Å². The monoisotopic (exact) mass is 223 g/mol. The molecule has 16 heavy (non-hydrogen) atoms. The second kappa shape index (κ2) is 5.09. The van der Waals surface area contributed by atoms with E-state index in [0.29, 0.717) is 12.5 Å². The van der Waals surface area contributed by atoms with Crippen molar-refractivity contribution in [1.82, 2.24) is 9.97 Å². The number of morpholine rings is 1. The maximum absolute atomic E-state index is 5.68. The Labute approximate surface area is 94.6 Å². The summed E-state index contributed by atoms with van der Waals surface area (Å²) in [7, 11) is 0. The fraction of sp³-hybridized carbons (Fsp3) is 0.600. The summed E-state index contributed by atoms with van der Waals surface area (Å²) < 4.78 is 5.29. The number of anilines is 2. The number of hydrogen-bond acceptors (Lipinski definition) is 6. The van der Waals surface area contributed by atoms with Crippen molar-refractivity contribution in [3.63, 3.8) is 0 Å². The van der Waals surface area contributed by atoms with Crippen LogP contribution in [0.3, 0.4) is 0 Å². The lowest BCUT2D eigenvalue weighted by Crippen LogP contribution is -2.37. The molecule has 1 aliphatic heterocycles. The van der Waals surface area contributed by atoms with Crippen molar-refractivity contribution in [2.75, 3.05) is 43.5 Å². The zero-order valence-corrected chi connectivity index (χ0v) is 9.22. The van der Waals surface area contributed by atoms with E-state index in [1.165, 1.54) is 0 Å². The van der Waals surface area contributed by atoms with Crippen LogP contribution in [0.15, 0.2) is 6.07 Å². The van der Waals surface area contributed by atoms with Gasteiger partial charge in [-0.2, -0.15) is 4.98 Å². The molecule has 88 valence electrons. The number of rotatable bonds is 3. The molecule has 0 aliphatic carbocycles. The first kappa shape index (κ1) is 11.1. The van der Waals surface area contributed by atoms with Gasteiger partial charge in [-0.25, -0.2) is 4.98 Å². The number of nitrogen functional groups attached to an aromatic ring is 1. The summed E-state index contributed by atoms with van der Waals surface area (Å²) in [5, 5.41) is 0. The van der Waals surface area contributed by atoms with E-state index in [9.17, 15) is 0 Å². The molecule has 1 saturated heterocycles. The minimum Gasteiger partial charge on any atom is -0.378 e. The van der Waals surface area contributed by atoms with E-state index in [1.807, 2.05) is 6.07 Å². The van der Waals surface area contributed by atoms with Crippen LogP contribution in [0.25, 0.3) is 0 Å². The van der Waals surface area contributed by atoms with E-state index in [4.69, 9.17) is 16.2 Å². The number of nitrogens with two attached hydrogens (primary N) is 2. The van der Waals surface area contributed by atoms with Crippen LogP contribution in [-0.4, -0.2) is 42.8 Å². The molecule has 6 heteroatoms. The van der Waals surface area contributed by atoms with Gasteiger partial charge in [0.2, 0.25) is 5.95 Å². The Balaban J connectivity index is 2.18. The first-order chi connectivity index (χ1) is 7.79. The third-order valence-corrected chi connectivity index (χ3v) is 2.52. The van der Waals surface area contributed by atoms with Crippen LogP contribution in [0.2, 0.25) is 0 Å². The molecule has 0 spiro atoms. The fourth-order valence-corrected chi connectivity index (χ4v) is 1.73. The van der Waals surface area contributed by atoms with Crippen LogP contribution in [0.4, 0.5) is 11.8 Å². The van der Waals surface area contributed by atoms with Crippen LogP contribution >= 0.6 is 0 Å². The highest BCUT2D eigenvalue weighted by Crippen LogP contribution is 2.15. The number of nitrogens with zero attached hydrogens (tertiary/aromatic N) is 3. The van der Waals surface area contributed by atoms with Crippen molar-refractivity contribution >= 4 is 11.8 Å². The van der Waals surface area contributed by atoms with Crippen LogP contribution in [0, 0.1) is 0 Å². The normalized spacial score (nSPS) is 16.4. The number of hydrogen-bond donors (Lipinski definition) is 2. The fourth-order valence-electron chi connectivity index (χ4n) is 1.73. The van der Waals surface area contributed by atoms with Crippen LogP contribution < -0.4 is 16.4 Å². The van der Waals surface area contributed by atoms with Gasteiger partial charge in [0.1, 0.15) is 5.82 Å². The topological polar surface area (TPSA) is 90.3 Å². The second-order valence-electron chi connectivity index (χ2n) is 3.71. The Morgan fingerprint density at radius 2 is 2.06 bits per heavy atom. The first-order valence-electron chi connectivity index (χ1n) is 5.46. The molecule has 1 aromatic heterocycles. The lowest BCUT2D eigenvalue weighted by atomic mass is 10.3. The minimum atomic E-state index is 0.312. The van der Waals surface area contributed by atoms with Gasteiger partial charge in [0.15, 0.2) is 0 Å². The zero-order valence-electron chi connectivity index (χ0n) is 9.22. The predicted molar refractivity (Wildman–Crippen MR) is 62.2 cm³/mol. The molecule has 6 nitrogen and oxygen atoms in total. The summed E-state index contributed by atoms with van der Waals surface area (Å²) in [6.07, 6.45) is 0.726. The van der Waals surface area contributed by atoms with E-state index >= 15 is 0 Å². The van der Waals surface area contributed by atoms with E-state index < -0.39 is 0 Å². The smallest absolute Gasteiger partial charge is 0.222 e. The van der Waals surface area contributed by atoms with Crippen LogP contribution in [-0.2, 0) is 11.2 Å². The molecule has 2 heterocycles. The van der Waals surface area contributed by atoms with Gasteiger partial charge in [-0.15, -0.1) is 0 Å². The molecular weight excluding hydrogens is 206 g/mol. The van der Waals surface area contributed by atoms with Gasteiger partial charge in [0.25, 0.3) is 0 Å². The summed E-state index contributed by atoms with van der Waals surface area (Å²) in [5.74, 6) is 1.19. The summed E-state index contributed by atoms with van der Waals surface area (Å²) in [6, 6.07) is 1.95. The van der Waals surface area contributed by atoms with Gasteiger partial charge in [0, 0.05) is 31.3 Å². The van der Waals surface area contributed by atoms with E-state index in [-0.39, 0.29) is 0 Å². The standard InChI is InChI=1S/C10H17N5O/c11-2-1-8-7-9(14-10(12)13-8)15-3-5-16-6-4-15/h7H,1-6,11H2,(H2,12,13,14). The molecule has 0 unspecified atom stereocenters. The predicted octanol–water partition coefficient (Wildman–Crippen LogP) is -0.603. The Bertz CT molecular complexity index is 351. The lowest BCUT2D eigenvalue weighted by molar-refractivity contribution is 0.122. The molecule has 0 amide bonds. The maximum Gasteiger partial charge on any atom is 0.222 e. The van der Waals surface area contributed by atoms with E-state index in [0.717, 1.165) is 44.2 Å². The van der Waals surface area contributed by atoms with Gasteiger partial charge < -0.3 is 21.1 Å². The average molecular weight is 223 g/mol. The summed E-state index contributed by atoms with van der Waals surface area (Å²) in [4.78, 5) is 10.5.